The molecule has 2 N–H and O–H groups in total. The maximum Gasteiger partial charge on any atom is 0.305 e. The molecule has 0 aromatic carbocycles. The number of rotatable bonds is 13. The van der Waals surface area contributed by atoms with Crippen molar-refractivity contribution in [1.82, 2.24) is 0 Å². The van der Waals surface area contributed by atoms with Crippen molar-refractivity contribution in [3.05, 3.63) is 12.2 Å². The molecule has 1 rings (SSSR count). The van der Waals surface area contributed by atoms with Crippen molar-refractivity contribution in [3.63, 3.8) is 0 Å². The number of aliphatic carboxylic acids is 1. The number of alkyl halides is 2. The number of carbonyl (C=O) groups is 3. The molecule has 0 spiro atoms. The van der Waals surface area contributed by atoms with Gasteiger partial charge in [-0.2, -0.15) is 8.78 Å². The number of unbranched alkanes of at least 4 members (excludes halogenated alkanes) is 2. The highest BCUT2D eigenvalue weighted by Crippen LogP contribution is 2.36. The Balaban J connectivity index is 2.53. The molecular weight excluding hydrogens is 358 g/mol. The molecule has 1 saturated carbocycles. The van der Waals surface area contributed by atoms with Gasteiger partial charge in [0, 0.05) is 31.6 Å². The number of aliphatic hydroxyl groups excluding tert-OH is 1. The van der Waals surface area contributed by atoms with Gasteiger partial charge in [0.05, 0.1) is 6.10 Å². The molecule has 1 aliphatic carbocycles. The second-order valence-corrected chi connectivity index (χ2v) is 7.27. The number of hydrogen-bond acceptors (Lipinski definition) is 4. The van der Waals surface area contributed by atoms with E-state index in [0.717, 1.165) is 0 Å². The average Bonchev–Trinajstić information content (AvgIpc) is 2.86. The minimum atomic E-state index is -3.34. The van der Waals surface area contributed by atoms with Crippen molar-refractivity contribution in [2.75, 3.05) is 0 Å². The van der Waals surface area contributed by atoms with E-state index >= 15 is 0 Å². The molecule has 27 heavy (non-hydrogen) atoms. The van der Waals surface area contributed by atoms with Crippen LogP contribution in [0.25, 0.3) is 0 Å². The van der Waals surface area contributed by atoms with Crippen LogP contribution in [0.15, 0.2) is 12.2 Å². The fourth-order valence-corrected chi connectivity index (χ4v) is 3.47. The van der Waals surface area contributed by atoms with Gasteiger partial charge < -0.3 is 10.2 Å². The largest absolute Gasteiger partial charge is 0.481 e. The number of carboxylic acid groups (broad SMARTS) is 1. The molecule has 5 nitrogen and oxygen atoms in total. The van der Waals surface area contributed by atoms with Gasteiger partial charge in [-0.25, -0.2) is 0 Å². The summed E-state index contributed by atoms with van der Waals surface area (Å²) in [4.78, 5) is 34.4. The summed E-state index contributed by atoms with van der Waals surface area (Å²) < 4.78 is 27.6. The van der Waals surface area contributed by atoms with Crippen LogP contribution < -0.4 is 0 Å². The van der Waals surface area contributed by atoms with Gasteiger partial charge in [-0.3, -0.25) is 14.4 Å². The number of aliphatic hydroxyl groups is 1. The highest BCUT2D eigenvalue weighted by molar-refractivity contribution is 5.86. The van der Waals surface area contributed by atoms with Gasteiger partial charge in [0.25, 0.3) is 0 Å². The Morgan fingerprint density at radius 3 is 2.56 bits per heavy atom. The highest BCUT2D eigenvalue weighted by atomic mass is 19.3. The van der Waals surface area contributed by atoms with Crippen LogP contribution >= 0.6 is 0 Å². The monoisotopic (exact) mass is 388 g/mol. The lowest BCUT2D eigenvalue weighted by molar-refractivity contribution is -0.144. The Morgan fingerprint density at radius 1 is 1.22 bits per heavy atom. The molecule has 0 aromatic rings. The molecule has 0 aromatic heterocycles. The standard InChI is InChI=1S/C20H30F2O5/c1-2-3-12-20(21,22)18(25)11-10-15-14(16(23)13-17(15)24)8-6-4-5-7-9-19(26)27/h4,6,14-15,17,24H,2-3,5,7-13H2,1H3,(H,26,27)/b6-4-/t14-,15-,17?/m1/s1. The van der Waals surface area contributed by atoms with Gasteiger partial charge in [0.15, 0.2) is 0 Å². The maximum atomic E-state index is 13.8. The van der Waals surface area contributed by atoms with Crippen LogP contribution in [0.4, 0.5) is 8.78 Å². The van der Waals surface area contributed by atoms with E-state index in [2.05, 4.69) is 0 Å². The van der Waals surface area contributed by atoms with Gasteiger partial charge in [-0.1, -0.05) is 25.5 Å². The number of carboxylic acids is 1. The first-order chi connectivity index (χ1) is 12.7. The van der Waals surface area contributed by atoms with Gasteiger partial charge in [-0.05, 0) is 38.0 Å². The normalized spacial score (nSPS) is 23.3. The van der Waals surface area contributed by atoms with E-state index in [1.165, 1.54) is 0 Å². The zero-order chi connectivity index (χ0) is 20.4. The lowest BCUT2D eigenvalue weighted by Gasteiger charge is -2.21. The maximum absolute atomic E-state index is 13.8. The Hall–Kier alpha value is -1.63. The Labute approximate surface area is 158 Å². The van der Waals surface area contributed by atoms with Crippen LogP contribution in [0.5, 0.6) is 0 Å². The number of hydrogen-bond donors (Lipinski definition) is 2. The first kappa shape index (κ1) is 23.4. The molecule has 154 valence electrons. The molecule has 0 heterocycles. The number of halogens is 2. The topological polar surface area (TPSA) is 91.7 Å². The third kappa shape index (κ3) is 7.87. The Kier molecular flexibility index (Phi) is 9.77. The van der Waals surface area contributed by atoms with E-state index in [1.807, 2.05) is 0 Å². The van der Waals surface area contributed by atoms with E-state index in [-0.39, 0.29) is 37.9 Å². The van der Waals surface area contributed by atoms with Crippen LogP contribution in [-0.4, -0.2) is 39.8 Å². The van der Waals surface area contributed by atoms with Crippen molar-refractivity contribution in [1.29, 1.82) is 0 Å². The van der Waals surface area contributed by atoms with E-state index in [9.17, 15) is 28.3 Å². The highest BCUT2D eigenvalue weighted by Gasteiger charge is 2.43. The van der Waals surface area contributed by atoms with Gasteiger partial charge in [0.2, 0.25) is 5.78 Å². The molecule has 1 unspecified atom stereocenters. The molecule has 7 heteroatoms. The number of allylic oxidation sites excluding steroid dienone is 2. The van der Waals surface area contributed by atoms with Crippen molar-refractivity contribution in [2.45, 2.75) is 83.2 Å². The second-order valence-electron chi connectivity index (χ2n) is 7.27. The molecule has 0 saturated heterocycles. The molecular formula is C20H30F2O5. The molecule has 0 aliphatic heterocycles. The van der Waals surface area contributed by atoms with Crippen molar-refractivity contribution < 1.29 is 33.4 Å². The van der Waals surface area contributed by atoms with Gasteiger partial charge in [-0.15, -0.1) is 0 Å². The van der Waals surface area contributed by atoms with E-state index < -0.39 is 42.0 Å². The summed E-state index contributed by atoms with van der Waals surface area (Å²) in [6.45, 7) is 1.78. The lowest BCUT2D eigenvalue weighted by atomic mass is 9.86. The fraction of sp³-hybridized carbons (Fsp3) is 0.750. The minimum Gasteiger partial charge on any atom is -0.481 e. The van der Waals surface area contributed by atoms with Crippen LogP contribution in [0.1, 0.15) is 71.1 Å². The second kappa shape index (κ2) is 11.3. The Morgan fingerprint density at radius 2 is 1.93 bits per heavy atom. The number of ketones is 2. The van der Waals surface area contributed by atoms with E-state index in [4.69, 9.17) is 5.11 Å². The van der Waals surface area contributed by atoms with Crippen LogP contribution in [-0.2, 0) is 14.4 Å². The first-order valence-corrected chi connectivity index (χ1v) is 9.67. The number of Topliss-reactive ketones (excluding diaryl/α,β-unsaturated/α-hetero) is 2. The average molecular weight is 388 g/mol. The third-order valence-electron chi connectivity index (χ3n) is 5.11. The Bertz CT molecular complexity index is 544. The van der Waals surface area contributed by atoms with Crippen molar-refractivity contribution >= 4 is 17.5 Å². The summed E-state index contributed by atoms with van der Waals surface area (Å²) in [5.74, 6) is -6.42. The van der Waals surface area contributed by atoms with Crippen molar-refractivity contribution in [2.24, 2.45) is 11.8 Å². The summed E-state index contributed by atoms with van der Waals surface area (Å²) in [5.41, 5.74) is 0. The quantitative estimate of drug-likeness (QED) is 0.368. The van der Waals surface area contributed by atoms with Crippen molar-refractivity contribution in [3.8, 4) is 0 Å². The van der Waals surface area contributed by atoms with Crippen LogP contribution in [0.3, 0.4) is 0 Å². The SMILES string of the molecule is CCCCC(F)(F)C(=O)CC[C@H]1C(O)CC(=O)[C@@H]1C/C=C\CCCC(=O)O. The molecule has 1 fully saturated rings. The summed E-state index contributed by atoms with van der Waals surface area (Å²) in [6.07, 6.45) is 4.29. The molecule has 0 bridgehead atoms. The third-order valence-corrected chi connectivity index (χ3v) is 5.11. The molecule has 0 amide bonds. The lowest BCUT2D eigenvalue weighted by Crippen LogP contribution is -2.30. The predicted octanol–water partition coefficient (Wildman–Crippen LogP) is 3.93. The summed E-state index contributed by atoms with van der Waals surface area (Å²) >= 11 is 0. The molecule has 1 aliphatic rings. The smallest absolute Gasteiger partial charge is 0.305 e. The summed E-state index contributed by atoms with van der Waals surface area (Å²) in [7, 11) is 0. The zero-order valence-electron chi connectivity index (χ0n) is 15.8. The summed E-state index contributed by atoms with van der Waals surface area (Å²) in [6, 6.07) is 0. The van der Waals surface area contributed by atoms with Gasteiger partial charge >= 0.3 is 11.9 Å². The van der Waals surface area contributed by atoms with Gasteiger partial charge in [0.1, 0.15) is 5.78 Å². The van der Waals surface area contributed by atoms with E-state index in [0.29, 0.717) is 25.7 Å². The first-order valence-electron chi connectivity index (χ1n) is 9.67. The minimum absolute atomic E-state index is 0.0113. The van der Waals surface area contributed by atoms with Crippen LogP contribution in [0, 0.1) is 11.8 Å². The summed E-state index contributed by atoms with van der Waals surface area (Å²) in [5, 5.41) is 18.7. The zero-order valence-corrected chi connectivity index (χ0v) is 15.8. The molecule has 3 atom stereocenters. The fourth-order valence-electron chi connectivity index (χ4n) is 3.47. The van der Waals surface area contributed by atoms with Crippen LogP contribution in [0.2, 0.25) is 0 Å². The van der Waals surface area contributed by atoms with E-state index in [1.54, 1.807) is 19.1 Å². The molecule has 0 radical (unpaired) electrons. The number of carbonyl (C=O) groups excluding carboxylic acids is 2. The predicted molar refractivity (Wildman–Crippen MR) is 96.6 cm³/mol.